The quantitative estimate of drug-likeness (QED) is 0.907. The summed E-state index contributed by atoms with van der Waals surface area (Å²) >= 11 is 1.91. The molecule has 1 aromatic rings. The first-order valence-electron chi connectivity index (χ1n) is 6.58. The van der Waals surface area contributed by atoms with Crippen molar-refractivity contribution in [2.75, 3.05) is 26.8 Å². The van der Waals surface area contributed by atoms with E-state index >= 15 is 0 Å². The number of aryl methyl sites for hydroxylation is 1. The van der Waals surface area contributed by atoms with Crippen molar-refractivity contribution in [1.29, 1.82) is 0 Å². The number of rotatable bonds is 4. The van der Waals surface area contributed by atoms with E-state index in [1.807, 2.05) is 18.4 Å². The number of ether oxygens (including phenoxy) is 1. The minimum atomic E-state index is 0.149. The maximum absolute atomic E-state index is 5.58. The summed E-state index contributed by atoms with van der Waals surface area (Å²) in [7, 11) is 2.00. The monoisotopic (exact) mass is 268 g/mol. The Balaban J connectivity index is 2.08. The third kappa shape index (κ3) is 3.12. The van der Waals surface area contributed by atoms with Crippen molar-refractivity contribution in [2.24, 2.45) is 0 Å². The van der Waals surface area contributed by atoms with Gasteiger partial charge in [-0.2, -0.15) is 0 Å². The molecule has 1 aromatic heterocycles. The number of thiophene rings is 1. The Kier molecular flexibility index (Phi) is 4.43. The Morgan fingerprint density at radius 1 is 1.50 bits per heavy atom. The fourth-order valence-electron chi connectivity index (χ4n) is 2.40. The molecule has 0 amide bonds. The molecule has 0 aliphatic carbocycles. The van der Waals surface area contributed by atoms with Crippen LogP contribution in [0.3, 0.4) is 0 Å². The Morgan fingerprint density at radius 2 is 2.28 bits per heavy atom. The average Bonchev–Trinajstić information content (AvgIpc) is 2.63. The molecule has 0 saturated carbocycles. The second kappa shape index (κ2) is 5.70. The first-order valence-corrected chi connectivity index (χ1v) is 7.40. The van der Waals surface area contributed by atoms with Crippen molar-refractivity contribution < 1.29 is 4.74 Å². The van der Waals surface area contributed by atoms with Crippen LogP contribution in [-0.4, -0.2) is 37.2 Å². The van der Waals surface area contributed by atoms with Gasteiger partial charge < -0.3 is 10.1 Å². The molecule has 1 fully saturated rings. The van der Waals surface area contributed by atoms with Crippen LogP contribution in [0.5, 0.6) is 0 Å². The van der Waals surface area contributed by atoms with Gasteiger partial charge in [-0.25, -0.2) is 0 Å². The molecule has 0 bridgehead atoms. The molecule has 1 aliphatic heterocycles. The van der Waals surface area contributed by atoms with Gasteiger partial charge in [0.1, 0.15) is 0 Å². The standard InChI is InChI=1S/C14H24N2OS/c1-11-12(7-13(18-11)8-15-4)9-16-5-6-17-10-14(16,2)3/h7,15H,5-6,8-10H2,1-4H3. The first-order chi connectivity index (χ1) is 8.53. The van der Waals surface area contributed by atoms with E-state index in [2.05, 4.69) is 37.1 Å². The highest BCUT2D eigenvalue weighted by Gasteiger charge is 2.30. The largest absolute Gasteiger partial charge is 0.378 e. The van der Waals surface area contributed by atoms with Crippen molar-refractivity contribution >= 4 is 11.3 Å². The van der Waals surface area contributed by atoms with Gasteiger partial charge in [0.15, 0.2) is 0 Å². The highest BCUT2D eigenvalue weighted by Crippen LogP contribution is 2.27. The summed E-state index contributed by atoms with van der Waals surface area (Å²) in [4.78, 5) is 5.41. The Morgan fingerprint density at radius 3 is 2.94 bits per heavy atom. The topological polar surface area (TPSA) is 24.5 Å². The van der Waals surface area contributed by atoms with Gasteiger partial charge >= 0.3 is 0 Å². The lowest BCUT2D eigenvalue weighted by molar-refractivity contribution is -0.0553. The van der Waals surface area contributed by atoms with Crippen LogP contribution in [0.1, 0.15) is 29.2 Å². The molecule has 4 heteroatoms. The first kappa shape index (κ1) is 14.0. The van der Waals surface area contributed by atoms with Gasteiger partial charge in [-0.05, 0) is 39.4 Å². The van der Waals surface area contributed by atoms with E-state index in [-0.39, 0.29) is 5.54 Å². The Labute approximate surface area is 114 Å². The third-order valence-electron chi connectivity index (χ3n) is 3.60. The zero-order valence-corrected chi connectivity index (χ0v) is 12.7. The van der Waals surface area contributed by atoms with Gasteiger partial charge in [0.05, 0.1) is 13.2 Å². The van der Waals surface area contributed by atoms with Crippen molar-refractivity contribution in [3.63, 3.8) is 0 Å². The molecule has 0 radical (unpaired) electrons. The maximum Gasteiger partial charge on any atom is 0.0645 e. The fourth-order valence-corrected chi connectivity index (χ4v) is 3.46. The molecule has 102 valence electrons. The van der Waals surface area contributed by atoms with E-state index in [0.29, 0.717) is 0 Å². The normalized spacial score (nSPS) is 20.2. The van der Waals surface area contributed by atoms with E-state index in [9.17, 15) is 0 Å². The molecule has 0 spiro atoms. The van der Waals surface area contributed by atoms with Gasteiger partial charge in [0.2, 0.25) is 0 Å². The predicted molar refractivity (Wildman–Crippen MR) is 77.1 cm³/mol. The van der Waals surface area contributed by atoms with E-state index in [1.165, 1.54) is 15.3 Å². The van der Waals surface area contributed by atoms with Crippen molar-refractivity contribution in [2.45, 2.75) is 39.4 Å². The van der Waals surface area contributed by atoms with Crippen LogP contribution >= 0.6 is 11.3 Å². The molecule has 1 N–H and O–H groups in total. The third-order valence-corrected chi connectivity index (χ3v) is 4.69. The number of hydrogen-bond acceptors (Lipinski definition) is 4. The minimum absolute atomic E-state index is 0.149. The van der Waals surface area contributed by atoms with Gasteiger partial charge in [0.25, 0.3) is 0 Å². The highest BCUT2D eigenvalue weighted by molar-refractivity contribution is 7.12. The van der Waals surface area contributed by atoms with Crippen LogP contribution in [0, 0.1) is 6.92 Å². The summed E-state index contributed by atoms with van der Waals surface area (Å²) in [5.74, 6) is 0. The van der Waals surface area contributed by atoms with Crippen molar-refractivity contribution in [1.82, 2.24) is 10.2 Å². The molecule has 0 unspecified atom stereocenters. The maximum atomic E-state index is 5.58. The Hall–Kier alpha value is -0.420. The summed E-state index contributed by atoms with van der Waals surface area (Å²) in [5, 5.41) is 3.22. The lowest BCUT2D eigenvalue weighted by atomic mass is 10.0. The van der Waals surface area contributed by atoms with Gasteiger partial charge in [0, 0.05) is 34.9 Å². The molecular formula is C14H24N2OS. The SMILES string of the molecule is CNCc1cc(CN2CCOCC2(C)C)c(C)s1. The molecule has 1 saturated heterocycles. The minimum Gasteiger partial charge on any atom is -0.378 e. The molecule has 18 heavy (non-hydrogen) atoms. The second-order valence-corrected chi connectivity index (χ2v) is 6.95. The van der Waals surface area contributed by atoms with Crippen LogP contribution in [0.25, 0.3) is 0 Å². The molecule has 2 rings (SSSR count). The van der Waals surface area contributed by atoms with Crippen LogP contribution in [0.2, 0.25) is 0 Å². The predicted octanol–water partition coefficient (Wildman–Crippen LogP) is 2.39. The van der Waals surface area contributed by atoms with Gasteiger partial charge in [-0.3, -0.25) is 4.90 Å². The van der Waals surface area contributed by atoms with E-state index in [1.54, 1.807) is 0 Å². The smallest absolute Gasteiger partial charge is 0.0645 e. The summed E-state index contributed by atoms with van der Waals surface area (Å²) in [5.41, 5.74) is 1.62. The van der Waals surface area contributed by atoms with Crippen LogP contribution in [0.4, 0.5) is 0 Å². The van der Waals surface area contributed by atoms with Crippen LogP contribution in [0.15, 0.2) is 6.07 Å². The summed E-state index contributed by atoms with van der Waals surface area (Å²) in [6.07, 6.45) is 0. The van der Waals surface area contributed by atoms with E-state index < -0.39 is 0 Å². The molecule has 0 aromatic carbocycles. The molecule has 2 heterocycles. The van der Waals surface area contributed by atoms with E-state index in [4.69, 9.17) is 4.74 Å². The highest BCUT2D eigenvalue weighted by atomic mass is 32.1. The zero-order chi connectivity index (χ0) is 13.2. The summed E-state index contributed by atoms with van der Waals surface area (Å²) in [6.45, 7) is 11.5. The van der Waals surface area contributed by atoms with Gasteiger partial charge in [-0.1, -0.05) is 0 Å². The van der Waals surface area contributed by atoms with Crippen LogP contribution < -0.4 is 5.32 Å². The fraction of sp³-hybridized carbons (Fsp3) is 0.714. The molecule has 3 nitrogen and oxygen atoms in total. The van der Waals surface area contributed by atoms with E-state index in [0.717, 1.165) is 32.8 Å². The lowest BCUT2D eigenvalue weighted by Gasteiger charge is -2.42. The van der Waals surface area contributed by atoms with Crippen molar-refractivity contribution in [3.05, 3.63) is 21.4 Å². The summed E-state index contributed by atoms with van der Waals surface area (Å²) < 4.78 is 5.58. The van der Waals surface area contributed by atoms with Gasteiger partial charge in [-0.15, -0.1) is 11.3 Å². The lowest BCUT2D eigenvalue weighted by Crippen LogP contribution is -2.52. The molecule has 0 atom stereocenters. The molecular weight excluding hydrogens is 244 g/mol. The zero-order valence-electron chi connectivity index (χ0n) is 11.9. The second-order valence-electron chi connectivity index (χ2n) is 5.61. The average molecular weight is 268 g/mol. The number of hydrogen-bond donors (Lipinski definition) is 1. The summed E-state index contributed by atoms with van der Waals surface area (Å²) in [6, 6.07) is 2.35. The van der Waals surface area contributed by atoms with Crippen LogP contribution in [-0.2, 0) is 17.8 Å². The number of nitrogens with zero attached hydrogens (tertiary/aromatic N) is 1. The van der Waals surface area contributed by atoms with Crippen molar-refractivity contribution in [3.8, 4) is 0 Å². The number of nitrogens with one attached hydrogen (secondary N) is 1. The molecule has 1 aliphatic rings. The Bertz CT molecular complexity index is 400. The number of morpholine rings is 1.